The Hall–Kier alpha value is -3.84. The molecule has 7 heteroatoms. The van der Waals surface area contributed by atoms with Gasteiger partial charge in [-0.1, -0.05) is 12.1 Å². The number of anilines is 2. The normalized spacial score (nSPS) is 10.7. The molecular weight excluding hydrogens is 378 g/mol. The van der Waals surface area contributed by atoms with Crippen LogP contribution in [0, 0.1) is 5.41 Å². The van der Waals surface area contributed by atoms with Crippen molar-refractivity contribution in [3.63, 3.8) is 0 Å². The molecule has 0 unspecified atom stereocenters. The quantitative estimate of drug-likeness (QED) is 0.336. The summed E-state index contributed by atoms with van der Waals surface area (Å²) in [7, 11) is 1.64. The Morgan fingerprint density at radius 1 is 1.03 bits per heavy atom. The number of hydrogen-bond donors (Lipinski definition) is 2. The highest BCUT2D eigenvalue weighted by Crippen LogP contribution is 2.30. The molecule has 0 saturated heterocycles. The molecule has 0 aliphatic heterocycles. The number of hydrogen-bond acceptors (Lipinski definition) is 7. The zero-order valence-corrected chi connectivity index (χ0v) is 16.5. The molecule has 150 valence electrons. The van der Waals surface area contributed by atoms with Gasteiger partial charge in [0.25, 0.3) is 0 Å². The molecule has 0 bridgehead atoms. The number of fused-ring (bicyclic) bond motifs is 1. The van der Waals surface area contributed by atoms with Crippen LogP contribution in [0.2, 0.25) is 0 Å². The Morgan fingerprint density at radius 2 is 1.97 bits per heavy atom. The highest BCUT2D eigenvalue weighted by atomic mass is 16.5. The van der Waals surface area contributed by atoms with E-state index in [1.54, 1.807) is 19.5 Å². The van der Waals surface area contributed by atoms with Crippen LogP contribution in [0.15, 0.2) is 67.0 Å². The zero-order valence-electron chi connectivity index (χ0n) is 16.5. The second-order valence-corrected chi connectivity index (χ2v) is 6.55. The van der Waals surface area contributed by atoms with Gasteiger partial charge in [0, 0.05) is 42.4 Å². The van der Waals surface area contributed by atoms with Crippen molar-refractivity contribution in [1.29, 1.82) is 5.41 Å². The van der Waals surface area contributed by atoms with Gasteiger partial charge in [0.1, 0.15) is 18.2 Å². The number of benzene rings is 2. The van der Waals surface area contributed by atoms with E-state index < -0.39 is 0 Å². The topological polar surface area (TPSA) is 93.0 Å². The predicted molar refractivity (Wildman–Crippen MR) is 118 cm³/mol. The Balaban J connectivity index is 1.79. The number of nitrogens with one attached hydrogen (secondary N) is 2. The maximum absolute atomic E-state index is 7.49. The molecule has 2 aromatic heterocycles. The van der Waals surface area contributed by atoms with E-state index in [4.69, 9.17) is 24.9 Å². The first-order valence-corrected chi connectivity index (χ1v) is 9.48. The lowest BCUT2D eigenvalue weighted by Gasteiger charge is -2.13. The monoisotopic (exact) mass is 399 g/mol. The minimum absolute atomic E-state index is 0.459. The second kappa shape index (κ2) is 9.11. The summed E-state index contributed by atoms with van der Waals surface area (Å²) in [6.45, 7) is 0.969. The number of ether oxygens (including phenoxy) is 2. The molecule has 0 aliphatic rings. The van der Waals surface area contributed by atoms with E-state index in [1.807, 2.05) is 54.6 Å². The largest absolute Gasteiger partial charge is 0.491 e. The fraction of sp³-hybridized carbons (Fsp3) is 0.130. The maximum atomic E-state index is 7.49. The predicted octanol–water partition coefficient (Wildman–Crippen LogP) is 4.46. The zero-order chi connectivity index (χ0) is 20.8. The summed E-state index contributed by atoms with van der Waals surface area (Å²) in [5, 5.41) is 11.7. The van der Waals surface area contributed by atoms with Crippen LogP contribution in [0.25, 0.3) is 22.3 Å². The molecule has 0 aliphatic carbocycles. The summed E-state index contributed by atoms with van der Waals surface area (Å²) in [6, 6.07) is 17.1. The summed E-state index contributed by atoms with van der Waals surface area (Å²) in [6.07, 6.45) is 4.77. The average molecular weight is 399 g/mol. The van der Waals surface area contributed by atoms with Gasteiger partial charge in [0.05, 0.1) is 12.1 Å². The van der Waals surface area contributed by atoms with Crippen molar-refractivity contribution < 1.29 is 9.47 Å². The third-order valence-electron chi connectivity index (χ3n) is 4.46. The molecule has 4 rings (SSSR count). The third-order valence-corrected chi connectivity index (χ3v) is 4.46. The van der Waals surface area contributed by atoms with Crippen molar-refractivity contribution in [2.24, 2.45) is 0 Å². The molecule has 0 saturated carbocycles. The highest BCUT2D eigenvalue weighted by molar-refractivity contribution is 5.93. The van der Waals surface area contributed by atoms with Gasteiger partial charge in [-0.15, -0.1) is 0 Å². The van der Waals surface area contributed by atoms with Crippen molar-refractivity contribution in [1.82, 2.24) is 15.0 Å². The fourth-order valence-corrected chi connectivity index (χ4v) is 3.00. The molecule has 2 heterocycles. The maximum Gasteiger partial charge on any atom is 0.163 e. The third kappa shape index (κ3) is 4.42. The van der Waals surface area contributed by atoms with Crippen LogP contribution < -0.4 is 10.1 Å². The number of pyridine rings is 1. The minimum Gasteiger partial charge on any atom is -0.491 e. The summed E-state index contributed by atoms with van der Waals surface area (Å²) in [5.74, 6) is 1.95. The Labute approximate surface area is 174 Å². The van der Waals surface area contributed by atoms with Crippen LogP contribution in [0.1, 0.15) is 5.56 Å². The Morgan fingerprint density at radius 3 is 2.77 bits per heavy atom. The lowest BCUT2D eigenvalue weighted by molar-refractivity contribution is 0.146. The van der Waals surface area contributed by atoms with Gasteiger partial charge in [0.15, 0.2) is 5.82 Å². The van der Waals surface area contributed by atoms with Crippen LogP contribution in [0.3, 0.4) is 0 Å². The second-order valence-electron chi connectivity index (χ2n) is 6.55. The van der Waals surface area contributed by atoms with E-state index in [-0.39, 0.29) is 0 Å². The van der Waals surface area contributed by atoms with E-state index in [1.165, 1.54) is 6.21 Å². The first-order valence-electron chi connectivity index (χ1n) is 9.48. The van der Waals surface area contributed by atoms with Crippen LogP contribution in [-0.2, 0) is 4.74 Å². The van der Waals surface area contributed by atoms with Gasteiger partial charge >= 0.3 is 0 Å². The minimum atomic E-state index is 0.459. The molecule has 0 amide bonds. The van der Waals surface area contributed by atoms with Gasteiger partial charge in [-0.3, -0.25) is 4.98 Å². The van der Waals surface area contributed by atoms with Crippen LogP contribution >= 0.6 is 0 Å². The Kier molecular flexibility index (Phi) is 5.91. The molecule has 0 fully saturated rings. The van der Waals surface area contributed by atoms with Crippen molar-refractivity contribution in [2.45, 2.75) is 0 Å². The lowest BCUT2D eigenvalue weighted by Crippen LogP contribution is -2.05. The summed E-state index contributed by atoms with van der Waals surface area (Å²) >= 11 is 0. The standard InChI is InChI=1S/C23H21N5O2/c1-29-10-11-30-19-7-8-21-20(13-19)23(26-18-6-2-4-16(12-18)14-24)28-22(27-21)17-5-3-9-25-15-17/h2-9,12-15,24H,10-11H2,1H3,(H,26,27,28). The van der Waals surface area contributed by atoms with E-state index in [0.29, 0.717) is 30.6 Å². The molecule has 4 aromatic rings. The molecule has 0 radical (unpaired) electrons. The van der Waals surface area contributed by atoms with Gasteiger partial charge < -0.3 is 20.2 Å². The molecule has 2 aromatic carbocycles. The number of nitrogens with zero attached hydrogens (tertiary/aromatic N) is 3. The fourth-order valence-electron chi connectivity index (χ4n) is 3.00. The lowest BCUT2D eigenvalue weighted by atomic mass is 10.1. The molecule has 30 heavy (non-hydrogen) atoms. The van der Waals surface area contributed by atoms with Gasteiger partial charge in [-0.25, -0.2) is 9.97 Å². The number of rotatable bonds is 8. The highest BCUT2D eigenvalue weighted by Gasteiger charge is 2.12. The van der Waals surface area contributed by atoms with E-state index in [0.717, 1.165) is 27.7 Å². The van der Waals surface area contributed by atoms with E-state index in [2.05, 4.69) is 10.3 Å². The SMILES string of the molecule is COCCOc1ccc2nc(-c3cccnc3)nc(Nc3cccc(C=N)c3)c2c1. The van der Waals surface area contributed by atoms with Crippen LogP contribution in [0.5, 0.6) is 5.75 Å². The van der Waals surface area contributed by atoms with Crippen molar-refractivity contribution in [3.05, 3.63) is 72.6 Å². The van der Waals surface area contributed by atoms with Crippen LogP contribution in [-0.4, -0.2) is 41.5 Å². The van der Waals surface area contributed by atoms with Crippen LogP contribution in [0.4, 0.5) is 11.5 Å². The number of aromatic nitrogens is 3. The van der Waals surface area contributed by atoms with E-state index in [9.17, 15) is 0 Å². The average Bonchev–Trinajstić information content (AvgIpc) is 2.80. The molecule has 0 atom stereocenters. The summed E-state index contributed by atoms with van der Waals surface area (Å²) < 4.78 is 10.8. The van der Waals surface area contributed by atoms with Crippen molar-refractivity contribution in [2.75, 3.05) is 25.6 Å². The van der Waals surface area contributed by atoms with Gasteiger partial charge in [-0.05, 0) is 48.0 Å². The molecule has 2 N–H and O–H groups in total. The molecule has 0 spiro atoms. The first kappa shape index (κ1) is 19.5. The summed E-state index contributed by atoms with van der Waals surface area (Å²) in [5.41, 5.74) is 3.25. The van der Waals surface area contributed by atoms with E-state index >= 15 is 0 Å². The van der Waals surface area contributed by atoms with Crippen molar-refractivity contribution >= 4 is 28.6 Å². The molecular formula is C23H21N5O2. The summed E-state index contributed by atoms with van der Waals surface area (Å²) in [4.78, 5) is 13.6. The van der Waals surface area contributed by atoms with Crippen molar-refractivity contribution in [3.8, 4) is 17.1 Å². The Bertz CT molecular complexity index is 1160. The van der Waals surface area contributed by atoms with Gasteiger partial charge in [0.2, 0.25) is 0 Å². The van der Waals surface area contributed by atoms with Gasteiger partial charge in [-0.2, -0.15) is 0 Å². The first-order chi connectivity index (χ1) is 14.8. The number of methoxy groups -OCH3 is 1. The molecule has 7 nitrogen and oxygen atoms in total. The smallest absolute Gasteiger partial charge is 0.163 e.